The van der Waals surface area contributed by atoms with Gasteiger partial charge in [0.25, 0.3) is 0 Å². The highest BCUT2D eigenvalue weighted by molar-refractivity contribution is 5.69. The molecule has 0 fully saturated rings. The third-order valence-electron chi connectivity index (χ3n) is 10.7. The number of aliphatic hydroxyl groups excluding tert-OH is 1. The zero-order valence-electron chi connectivity index (χ0n) is 39.0. The van der Waals surface area contributed by atoms with Gasteiger partial charge in [-0.05, 0) is 89.9 Å². The minimum Gasteiger partial charge on any atom is -0.457 e. The minimum absolute atomic E-state index is 0.179. The number of ether oxygens (including phenoxy) is 2. The number of rotatable bonds is 46. The van der Waals surface area contributed by atoms with Gasteiger partial charge in [-0.25, -0.2) is 0 Å². The summed E-state index contributed by atoms with van der Waals surface area (Å²) in [7, 11) is 0. The van der Waals surface area contributed by atoms with Crippen LogP contribution in [0.4, 0.5) is 0 Å². The molecule has 4 nitrogen and oxygen atoms in total. The number of carbonyl (C=O) groups is 1. The first-order valence-corrected chi connectivity index (χ1v) is 25.2. The van der Waals surface area contributed by atoms with Crippen molar-refractivity contribution >= 4 is 5.97 Å². The lowest BCUT2D eigenvalue weighted by Gasteiger charge is -2.16. The van der Waals surface area contributed by atoms with Crippen LogP contribution >= 0.6 is 0 Å². The van der Waals surface area contributed by atoms with Crippen molar-refractivity contribution in [3.05, 3.63) is 85.1 Å². The van der Waals surface area contributed by atoms with E-state index in [1.54, 1.807) is 0 Å². The first kappa shape index (κ1) is 56.6. The van der Waals surface area contributed by atoms with Gasteiger partial charge < -0.3 is 14.6 Å². The quantitative estimate of drug-likeness (QED) is 0.0378. The minimum atomic E-state index is -0.545. The highest BCUT2D eigenvalue weighted by Gasteiger charge is 2.13. The van der Waals surface area contributed by atoms with Crippen LogP contribution in [0, 0.1) is 0 Å². The van der Waals surface area contributed by atoms with Gasteiger partial charge >= 0.3 is 5.97 Å². The second-order valence-corrected chi connectivity index (χ2v) is 16.5. The van der Waals surface area contributed by atoms with E-state index in [1.807, 2.05) is 0 Å². The summed E-state index contributed by atoms with van der Waals surface area (Å²) in [5, 5.41) is 9.65. The topological polar surface area (TPSA) is 55.8 Å². The maximum absolute atomic E-state index is 12.3. The predicted molar refractivity (Wildman–Crippen MR) is 260 cm³/mol. The van der Waals surface area contributed by atoms with Crippen molar-refractivity contribution in [3.63, 3.8) is 0 Å². The molecule has 0 aromatic carbocycles. The largest absolute Gasteiger partial charge is 0.457 e. The van der Waals surface area contributed by atoms with Gasteiger partial charge in [0, 0.05) is 13.0 Å². The molecule has 1 atom stereocenters. The summed E-state index contributed by atoms with van der Waals surface area (Å²) in [6.45, 7) is 5.22. The second kappa shape index (κ2) is 51.7. The molecule has 0 aliphatic carbocycles. The summed E-state index contributed by atoms with van der Waals surface area (Å²) in [6.07, 6.45) is 72.4. The van der Waals surface area contributed by atoms with E-state index in [-0.39, 0.29) is 19.2 Å². The van der Waals surface area contributed by atoms with E-state index in [0.717, 1.165) is 57.8 Å². The molecule has 0 aromatic heterocycles. The van der Waals surface area contributed by atoms with E-state index in [0.29, 0.717) is 13.0 Å². The SMILES string of the molecule is CC/C=C\C/C=C\C/C=C\C/C=C\C/C=C\CCCCCCCCCCCCOCC(CO)OC(=O)CCCCCCCCCCC/C=C\C/C=C\CCCCCCC. The second-order valence-electron chi connectivity index (χ2n) is 16.5. The predicted octanol–water partition coefficient (Wildman–Crippen LogP) is 17.1. The van der Waals surface area contributed by atoms with Crippen molar-refractivity contribution in [1.29, 1.82) is 0 Å². The van der Waals surface area contributed by atoms with Crippen LogP contribution in [-0.2, 0) is 14.3 Å². The van der Waals surface area contributed by atoms with Crippen molar-refractivity contribution in [3.8, 4) is 0 Å². The lowest BCUT2D eigenvalue weighted by Crippen LogP contribution is -2.27. The Labute approximate surface area is 367 Å². The number of aliphatic hydroxyl groups is 1. The standard InChI is InChI=1S/C55H96O4/c1-3-5-7-9-11-13-15-17-19-21-23-25-26-27-28-29-31-33-35-37-39-41-43-45-47-49-51-58-53-54(52-56)59-55(57)50-48-46-44-42-40-38-36-34-32-30-24-22-20-18-16-14-12-10-8-6-4-2/h5,7,11,13,16-19,22-25,27-28,54,56H,3-4,6,8-10,12,14-15,20-21,26,29-53H2,1-2H3/b7-5-,13-11-,18-16-,19-17-,24-22-,25-23-,28-27-. The van der Waals surface area contributed by atoms with E-state index in [2.05, 4.69) is 98.9 Å². The van der Waals surface area contributed by atoms with E-state index in [1.165, 1.54) is 154 Å². The van der Waals surface area contributed by atoms with E-state index in [9.17, 15) is 9.90 Å². The summed E-state index contributed by atoms with van der Waals surface area (Å²) in [4.78, 5) is 12.3. The molecule has 1 N–H and O–H groups in total. The lowest BCUT2D eigenvalue weighted by atomic mass is 10.1. The number of hydrogen-bond donors (Lipinski definition) is 1. The van der Waals surface area contributed by atoms with E-state index >= 15 is 0 Å². The summed E-state index contributed by atoms with van der Waals surface area (Å²) in [6, 6.07) is 0. The molecule has 0 aromatic rings. The molecule has 0 aliphatic rings. The molecule has 0 aliphatic heterocycles. The number of allylic oxidation sites excluding steroid dienone is 14. The van der Waals surface area contributed by atoms with Crippen LogP contribution in [0.3, 0.4) is 0 Å². The maximum Gasteiger partial charge on any atom is 0.306 e. The molecule has 0 bridgehead atoms. The smallest absolute Gasteiger partial charge is 0.306 e. The van der Waals surface area contributed by atoms with Gasteiger partial charge in [-0.3, -0.25) is 4.79 Å². The number of carbonyl (C=O) groups excluding carboxylic acids is 1. The molecule has 59 heavy (non-hydrogen) atoms. The Balaban J connectivity index is 3.46. The highest BCUT2D eigenvalue weighted by atomic mass is 16.6. The molecule has 4 heteroatoms. The van der Waals surface area contributed by atoms with Gasteiger partial charge in [-0.2, -0.15) is 0 Å². The third-order valence-corrected chi connectivity index (χ3v) is 10.7. The molecule has 0 heterocycles. The Hall–Kier alpha value is -2.43. The average molecular weight is 821 g/mol. The van der Waals surface area contributed by atoms with Crippen LogP contribution in [-0.4, -0.2) is 37.0 Å². The molecule has 1 unspecified atom stereocenters. The Morgan fingerprint density at radius 3 is 1.15 bits per heavy atom. The Bertz CT molecular complexity index is 1050. The maximum atomic E-state index is 12.3. The van der Waals surface area contributed by atoms with Gasteiger partial charge in [-0.1, -0.05) is 221 Å². The molecular weight excluding hydrogens is 725 g/mol. The molecule has 0 spiro atoms. The van der Waals surface area contributed by atoms with Crippen LogP contribution < -0.4 is 0 Å². The fraction of sp³-hybridized carbons (Fsp3) is 0.727. The summed E-state index contributed by atoms with van der Waals surface area (Å²) < 4.78 is 11.2. The molecular formula is C55H96O4. The molecule has 0 saturated carbocycles. The Morgan fingerprint density at radius 2 is 0.763 bits per heavy atom. The van der Waals surface area contributed by atoms with Gasteiger partial charge in [0.15, 0.2) is 0 Å². The zero-order valence-corrected chi connectivity index (χ0v) is 39.0. The highest BCUT2D eigenvalue weighted by Crippen LogP contribution is 2.14. The van der Waals surface area contributed by atoms with Gasteiger partial charge in [0.1, 0.15) is 6.10 Å². The molecule has 0 amide bonds. The fourth-order valence-corrected chi connectivity index (χ4v) is 6.97. The van der Waals surface area contributed by atoms with Crippen LogP contribution in [0.25, 0.3) is 0 Å². The lowest BCUT2D eigenvalue weighted by molar-refractivity contribution is -0.154. The first-order chi connectivity index (χ1) is 29.2. The molecule has 0 rings (SSSR count). The third kappa shape index (κ3) is 49.8. The number of unbranched alkanes of at least 4 members (excludes halogenated alkanes) is 24. The Morgan fingerprint density at radius 1 is 0.424 bits per heavy atom. The van der Waals surface area contributed by atoms with Crippen molar-refractivity contribution < 1.29 is 19.4 Å². The van der Waals surface area contributed by atoms with Gasteiger partial charge in [-0.15, -0.1) is 0 Å². The van der Waals surface area contributed by atoms with Crippen molar-refractivity contribution in [2.24, 2.45) is 0 Å². The van der Waals surface area contributed by atoms with Crippen LogP contribution in [0.15, 0.2) is 85.1 Å². The monoisotopic (exact) mass is 821 g/mol. The molecule has 340 valence electrons. The van der Waals surface area contributed by atoms with Gasteiger partial charge in [0.05, 0.1) is 13.2 Å². The summed E-state index contributed by atoms with van der Waals surface area (Å²) in [5.74, 6) is -0.208. The number of esters is 1. The Kier molecular flexibility index (Phi) is 49.6. The van der Waals surface area contributed by atoms with E-state index in [4.69, 9.17) is 9.47 Å². The van der Waals surface area contributed by atoms with E-state index < -0.39 is 6.10 Å². The summed E-state index contributed by atoms with van der Waals surface area (Å²) in [5.41, 5.74) is 0. The van der Waals surface area contributed by atoms with Crippen molar-refractivity contribution in [1.82, 2.24) is 0 Å². The first-order valence-electron chi connectivity index (χ1n) is 25.2. The molecule has 0 saturated heterocycles. The van der Waals surface area contributed by atoms with Crippen LogP contribution in [0.2, 0.25) is 0 Å². The van der Waals surface area contributed by atoms with Crippen LogP contribution in [0.1, 0.15) is 232 Å². The normalized spacial score (nSPS) is 13.1. The molecule has 0 radical (unpaired) electrons. The average Bonchev–Trinajstić information content (AvgIpc) is 3.24. The summed E-state index contributed by atoms with van der Waals surface area (Å²) >= 11 is 0. The zero-order chi connectivity index (χ0) is 42.6. The van der Waals surface area contributed by atoms with Crippen molar-refractivity contribution in [2.75, 3.05) is 19.8 Å². The van der Waals surface area contributed by atoms with Crippen LogP contribution in [0.5, 0.6) is 0 Å². The fourth-order valence-electron chi connectivity index (χ4n) is 6.97. The van der Waals surface area contributed by atoms with Gasteiger partial charge in [0.2, 0.25) is 0 Å². The number of hydrogen-bond acceptors (Lipinski definition) is 4. The van der Waals surface area contributed by atoms with Crippen molar-refractivity contribution in [2.45, 2.75) is 238 Å².